The van der Waals surface area contributed by atoms with Crippen LogP contribution in [0.5, 0.6) is 0 Å². The van der Waals surface area contributed by atoms with Gasteiger partial charge >= 0.3 is 0 Å². The van der Waals surface area contributed by atoms with Crippen molar-refractivity contribution in [3.63, 3.8) is 0 Å². The molecule has 0 aromatic rings. The second-order valence-electron chi connectivity index (χ2n) is 6.69. The molecule has 1 rings (SSSR count). The third-order valence-corrected chi connectivity index (χ3v) is 4.37. The Bertz CT molecular complexity index is 207. The summed E-state index contributed by atoms with van der Waals surface area (Å²) in [7, 11) is 2.09. The predicted octanol–water partition coefficient (Wildman–Crippen LogP) is 2.60. The third-order valence-electron chi connectivity index (χ3n) is 4.37. The molecule has 2 heteroatoms. The third kappa shape index (κ3) is 3.74. The van der Waals surface area contributed by atoms with E-state index in [0.29, 0.717) is 5.41 Å². The van der Waals surface area contributed by atoms with Crippen molar-refractivity contribution in [2.75, 3.05) is 26.7 Å². The molecule has 0 amide bonds. The van der Waals surface area contributed by atoms with Gasteiger partial charge in [-0.15, -0.1) is 0 Å². The van der Waals surface area contributed by atoms with E-state index in [4.69, 9.17) is 0 Å². The molecular weight excluding hydrogens is 196 g/mol. The van der Waals surface area contributed by atoms with E-state index in [2.05, 4.69) is 51.9 Å². The van der Waals surface area contributed by atoms with Gasteiger partial charge in [-0.05, 0) is 37.3 Å². The molecule has 0 radical (unpaired) electrons. The maximum atomic E-state index is 3.43. The molecule has 3 atom stereocenters. The fraction of sp³-hybridized carbons (Fsp3) is 1.00. The Morgan fingerprint density at radius 3 is 2.44 bits per heavy atom. The molecule has 0 aromatic carbocycles. The Morgan fingerprint density at radius 1 is 1.38 bits per heavy atom. The van der Waals surface area contributed by atoms with E-state index in [1.165, 1.54) is 26.1 Å². The fourth-order valence-electron chi connectivity index (χ4n) is 2.49. The first-order chi connectivity index (χ1) is 7.34. The summed E-state index contributed by atoms with van der Waals surface area (Å²) in [6, 6.07) is 0.723. The van der Waals surface area contributed by atoms with Crippen LogP contribution in [0, 0.1) is 17.3 Å². The lowest BCUT2D eigenvalue weighted by Gasteiger charge is -2.40. The molecule has 3 unspecified atom stereocenters. The van der Waals surface area contributed by atoms with E-state index in [-0.39, 0.29) is 0 Å². The monoisotopic (exact) mass is 226 g/mol. The van der Waals surface area contributed by atoms with Crippen LogP contribution in [0.25, 0.3) is 0 Å². The van der Waals surface area contributed by atoms with Gasteiger partial charge in [0.25, 0.3) is 0 Å². The molecule has 1 heterocycles. The van der Waals surface area contributed by atoms with E-state index in [1.807, 2.05) is 0 Å². The number of hydrogen-bond donors (Lipinski definition) is 1. The summed E-state index contributed by atoms with van der Waals surface area (Å²) in [5.74, 6) is 1.55. The molecule has 2 nitrogen and oxygen atoms in total. The maximum absolute atomic E-state index is 3.43. The highest BCUT2D eigenvalue weighted by Gasteiger charge is 2.28. The number of rotatable bonds is 3. The maximum Gasteiger partial charge on any atom is 0.0114 e. The zero-order chi connectivity index (χ0) is 12.3. The standard InChI is InChI=1S/C14H30N2/c1-11-9-16(8-7-13(11)15-6)10-12(2)14(3,4)5/h11-13,15H,7-10H2,1-6H3. The van der Waals surface area contributed by atoms with Gasteiger partial charge in [0.1, 0.15) is 0 Å². The van der Waals surface area contributed by atoms with Gasteiger partial charge in [0.15, 0.2) is 0 Å². The molecule has 0 bridgehead atoms. The Balaban J connectivity index is 2.41. The second kappa shape index (κ2) is 5.50. The number of piperidine rings is 1. The molecular formula is C14H30N2. The molecule has 1 aliphatic heterocycles. The first-order valence-corrected chi connectivity index (χ1v) is 6.74. The molecule has 96 valence electrons. The van der Waals surface area contributed by atoms with Crippen LogP contribution in [0.4, 0.5) is 0 Å². The summed E-state index contributed by atoms with van der Waals surface area (Å²) in [5, 5.41) is 3.43. The average molecular weight is 226 g/mol. The van der Waals surface area contributed by atoms with Crippen LogP contribution in [0.1, 0.15) is 41.0 Å². The van der Waals surface area contributed by atoms with Gasteiger partial charge in [0.05, 0.1) is 0 Å². The summed E-state index contributed by atoms with van der Waals surface area (Å²) < 4.78 is 0. The van der Waals surface area contributed by atoms with Crippen molar-refractivity contribution >= 4 is 0 Å². The molecule has 16 heavy (non-hydrogen) atoms. The lowest BCUT2D eigenvalue weighted by molar-refractivity contribution is 0.104. The quantitative estimate of drug-likeness (QED) is 0.796. The van der Waals surface area contributed by atoms with Gasteiger partial charge in [-0.1, -0.05) is 34.6 Å². The average Bonchev–Trinajstić information content (AvgIpc) is 2.16. The van der Waals surface area contributed by atoms with Crippen LogP contribution in [0.3, 0.4) is 0 Å². The number of likely N-dealkylation sites (tertiary alicyclic amines) is 1. The van der Waals surface area contributed by atoms with Crippen LogP contribution in [0.2, 0.25) is 0 Å². The van der Waals surface area contributed by atoms with E-state index in [1.54, 1.807) is 0 Å². The summed E-state index contributed by atoms with van der Waals surface area (Å²) >= 11 is 0. The smallest absolute Gasteiger partial charge is 0.0114 e. The summed E-state index contributed by atoms with van der Waals surface area (Å²) in [6.45, 7) is 15.6. The molecule has 0 spiro atoms. The van der Waals surface area contributed by atoms with E-state index in [9.17, 15) is 0 Å². The lowest BCUT2D eigenvalue weighted by Crippen LogP contribution is -2.49. The normalized spacial score (nSPS) is 30.4. The van der Waals surface area contributed by atoms with Gasteiger partial charge in [-0.3, -0.25) is 0 Å². The highest BCUT2D eigenvalue weighted by molar-refractivity contribution is 4.83. The zero-order valence-corrected chi connectivity index (χ0v) is 12.0. The van der Waals surface area contributed by atoms with Crippen molar-refractivity contribution < 1.29 is 0 Å². The van der Waals surface area contributed by atoms with Gasteiger partial charge in [-0.25, -0.2) is 0 Å². The van der Waals surface area contributed by atoms with Crippen LogP contribution in [0.15, 0.2) is 0 Å². The number of nitrogens with one attached hydrogen (secondary N) is 1. The Hall–Kier alpha value is -0.0800. The van der Waals surface area contributed by atoms with Crippen LogP contribution in [-0.2, 0) is 0 Å². The van der Waals surface area contributed by atoms with Gasteiger partial charge in [0.2, 0.25) is 0 Å². The second-order valence-corrected chi connectivity index (χ2v) is 6.69. The van der Waals surface area contributed by atoms with E-state index < -0.39 is 0 Å². The van der Waals surface area contributed by atoms with Crippen LogP contribution >= 0.6 is 0 Å². The van der Waals surface area contributed by atoms with Crippen molar-refractivity contribution in [1.82, 2.24) is 10.2 Å². The number of hydrogen-bond acceptors (Lipinski definition) is 2. The predicted molar refractivity (Wildman–Crippen MR) is 71.7 cm³/mol. The first kappa shape index (κ1) is 14.0. The van der Waals surface area contributed by atoms with Crippen LogP contribution < -0.4 is 5.32 Å². The first-order valence-electron chi connectivity index (χ1n) is 6.74. The van der Waals surface area contributed by atoms with Gasteiger partial charge < -0.3 is 10.2 Å². The summed E-state index contributed by atoms with van der Waals surface area (Å²) in [4.78, 5) is 2.65. The topological polar surface area (TPSA) is 15.3 Å². The SMILES string of the molecule is CNC1CCN(CC(C)C(C)(C)C)CC1C. The zero-order valence-electron chi connectivity index (χ0n) is 12.0. The summed E-state index contributed by atoms with van der Waals surface area (Å²) in [5.41, 5.74) is 0.434. The molecule has 0 aliphatic carbocycles. The molecule has 1 N–H and O–H groups in total. The molecule has 1 saturated heterocycles. The van der Waals surface area contributed by atoms with Gasteiger partial charge in [0, 0.05) is 19.1 Å². The highest BCUT2D eigenvalue weighted by Crippen LogP contribution is 2.27. The molecule has 0 aromatic heterocycles. The van der Waals surface area contributed by atoms with Crippen LogP contribution in [-0.4, -0.2) is 37.6 Å². The minimum absolute atomic E-state index is 0.434. The van der Waals surface area contributed by atoms with Crippen molar-refractivity contribution in [3.05, 3.63) is 0 Å². The van der Waals surface area contributed by atoms with Crippen molar-refractivity contribution in [1.29, 1.82) is 0 Å². The highest BCUT2D eigenvalue weighted by atomic mass is 15.1. The van der Waals surface area contributed by atoms with Crippen molar-refractivity contribution in [3.8, 4) is 0 Å². The van der Waals surface area contributed by atoms with E-state index in [0.717, 1.165) is 17.9 Å². The Kier molecular flexibility index (Phi) is 4.81. The molecule has 1 fully saturated rings. The lowest BCUT2D eigenvalue weighted by atomic mass is 9.81. The summed E-state index contributed by atoms with van der Waals surface area (Å²) in [6.07, 6.45) is 1.30. The minimum Gasteiger partial charge on any atom is -0.317 e. The molecule has 1 aliphatic rings. The van der Waals surface area contributed by atoms with E-state index >= 15 is 0 Å². The van der Waals surface area contributed by atoms with Crippen molar-refractivity contribution in [2.24, 2.45) is 17.3 Å². The minimum atomic E-state index is 0.434. The molecule has 0 saturated carbocycles. The van der Waals surface area contributed by atoms with Crippen molar-refractivity contribution in [2.45, 2.75) is 47.1 Å². The largest absolute Gasteiger partial charge is 0.317 e. The Morgan fingerprint density at radius 2 is 2.00 bits per heavy atom. The Labute approximate surface area is 102 Å². The fourth-order valence-corrected chi connectivity index (χ4v) is 2.49. The number of nitrogens with zero attached hydrogens (tertiary/aromatic N) is 1. The van der Waals surface area contributed by atoms with Gasteiger partial charge in [-0.2, -0.15) is 0 Å².